The Labute approximate surface area is 322 Å². The number of benzene rings is 1. The maximum atomic E-state index is 13.4. The summed E-state index contributed by atoms with van der Waals surface area (Å²) >= 11 is 0.993. The highest BCUT2D eigenvalue weighted by Gasteiger charge is 2.57. The molecule has 11 N–H and O–H groups in total. The largest absolute Gasteiger partial charge is 0.485 e. The van der Waals surface area contributed by atoms with Gasteiger partial charge in [0.15, 0.2) is 29.3 Å². The number of amidine groups is 1. The number of ether oxygens (including phenoxy) is 1. The van der Waals surface area contributed by atoms with Crippen molar-refractivity contribution in [3.63, 3.8) is 0 Å². The molecule has 302 valence electrons. The number of hydrazine groups is 1. The lowest BCUT2D eigenvalue weighted by Gasteiger charge is -2.50. The first kappa shape index (κ1) is 46.1. The number of nitrogens with one attached hydrogen (secondary N) is 1. The van der Waals surface area contributed by atoms with Crippen molar-refractivity contribution in [2.45, 2.75) is 103 Å². The normalized spacial score (nSPS) is 20.0. The van der Waals surface area contributed by atoms with Crippen LogP contribution in [-0.2, 0) is 29.9 Å². The van der Waals surface area contributed by atoms with E-state index in [0.717, 1.165) is 22.0 Å². The van der Waals surface area contributed by atoms with E-state index in [1.165, 1.54) is 17.3 Å². The Morgan fingerprint density at radius 2 is 1.96 bits per heavy atom. The number of fused-ring (bicyclic) bond motifs is 1. The second-order valence-electron chi connectivity index (χ2n) is 12.9. The summed E-state index contributed by atoms with van der Waals surface area (Å²) in [6, 6.07) is 3.74. The first-order valence-corrected chi connectivity index (χ1v) is 18.6. The quantitative estimate of drug-likeness (QED) is 0.0316. The third kappa shape index (κ3) is 11.5. The molecule has 0 saturated carbocycles. The van der Waals surface area contributed by atoms with E-state index in [1.54, 1.807) is 46.1 Å². The van der Waals surface area contributed by atoms with Crippen LogP contribution in [0, 0.1) is 0 Å². The molecule has 2 amide bonds. The van der Waals surface area contributed by atoms with Crippen LogP contribution >= 0.6 is 23.7 Å². The Morgan fingerprint density at radius 3 is 2.48 bits per heavy atom. The number of hydrogen-bond acceptors (Lipinski definition) is 17. The number of carbonyl (C=O) groups excluding carboxylic acids is 2. The van der Waals surface area contributed by atoms with E-state index in [2.05, 4.69) is 20.4 Å². The fourth-order valence-electron chi connectivity index (χ4n) is 5.24. The monoisotopic (exact) mass is 799 g/mol. The number of hydrogen-bond donors (Lipinski definition) is 8. The number of nitrogen functional groups attached to an aromatic ring is 1. The summed E-state index contributed by atoms with van der Waals surface area (Å²) in [4.78, 5) is 52.8. The van der Waals surface area contributed by atoms with Gasteiger partial charge in [-0.05, 0) is 70.2 Å². The average Bonchev–Trinajstić information content (AvgIpc) is 3.57. The number of aryl methyl sites for hydroxylation is 1. The first-order valence-electron chi connectivity index (χ1n) is 17.1. The molecule has 2 aliphatic rings. The highest BCUT2D eigenvalue weighted by atomic mass is 32.2. The van der Waals surface area contributed by atoms with Gasteiger partial charge in [-0.2, -0.15) is 9.35 Å². The minimum absolute atomic E-state index is 0.00999. The molecule has 1 fully saturated rings. The van der Waals surface area contributed by atoms with Crippen molar-refractivity contribution < 1.29 is 48.1 Å². The molecule has 54 heavy (non-hydrogen) atoms. The van der Waals surface area contributed by atoms with Gasteiger partial charge in [0.05, 0.1) is 24.3 Å². The molecule has 0 spiro atoms. The van der Waals surface area contributed by atoms with Crippen LogP contribution in [0.1, 0.15) is 77.6 Å². The standard InChI is InChI=1S/C29H39N7O10S2.C2H8N2.C2H6/c1-5-16(11-17(38)12-37)32-23(30)15-6-8-19-14(10-15)7-9-20(44-19)29(4,26(41)42)45-35-21(18-13-47-27(31)33-18)24(39)34-22-25(40)36(46-48-43)28(22,2)3;1-4(2)3;1-2/h6,8,10,13,16-17,20,22,37-38,43H,5,7,9,11-12H2,1-4H3,(H2,30,32)(H2,31,33)(H,34,39)(H,41,42);3H2,1-2H3;1-2H3/b35-21-;;. The van der Waals surface area contributed by atoms with Gasteiger partial charge in [-0.3, -0.25) is 25.4 Å². The maximum absolute atomic E-state index is 13.4. The molecule has 0 aliphatic carbocycles. The molecular formula is C33H53N9O10S2. The minimum Gasteiger partial charge on any atom is -0.485 e. The molecular weight excluding hydrogens is 747 g/mol. The van der Waals surface area contributed by atoms with Crippen LogP contribution in [0.3, 0.4) is 0 Å². The topological polar surface area (TPSA) is 294 Å². The molecule has 1 aromatic heterocycles. The van der Waals surface area contributed by atoms with Crippen molar-refractivity contribution in [2.75, 3.05) is 26.4 Å². The van der Waals surface area contributed by atoms with Crippen molar-refractivity contribution in [3.8, 4) is 5.75 Å². The summed E-state index contributed by atoms with van der Waals surface area (Å²) in [5, 5.41) is 39.6. The molecule has 21 heteroatoms. The molecule has 2 aromatic rings. The molecule has 0 bridgehead atoms. The van der Waals surface area contributed by atoms with Crippen LogP contribution in [-0.4, -0.2) is 120 Å². The van der Waals surface area contributed by atoms with Gasteiger partial charge in [-0.15, -0.1) is 11.3 Å². The predicted molar refractivity (Wildman–Crippen MR) is 205 cm³/mol. The zero-order valence-corrected chi connectivity index (χ0v) is 33.3. The van der Waals surface area contributed by atoms with Crippen molar-refractivity contribution in [2.24, 2.45) is 21.7 Å². The second-order valence-corrected chi connectivity index (χ2v) is 14.1. The van der Waals surface area contributed by atoms with Crippen LogP contribution in [0.5, 0.6) is 5.75 Å². The number of carboxylic acid groups (broad SMARTS) is 1. The Morgan fingerprint density at radius 1 is 1.31 bits per heavy atom. The maximum Gasteiger partial charge on any atom is 0.354 e. The van der Waals surface area contributed by atoms with E-state index in [1.807, 2.05) is 20.8 Å². The van der Waals surface area contributed by atoms with Crippen LogP contribution in [0.25, 0.3) is 0 Å². The number of carboxylic acids is 1. The van der Waals surface area contributed by atoms with Crippen molar-refractivity contribution in [1.29, 1.82) is 0 Å². The average molecular weight is 800 g/mol. The number of anilines is 1. The number of rotatable bonds is 15. The Hall–Kier alpha value is -4.09. The molecule has 1 aromatic carbocycles. The van der Waals surface area contributed by atoms with E-state index in [0.29, 0.717) is 24.2 Å². The zero-order valence-electron chi connectivity index (χ0n) is 31.7. The number of hydroxylamine groups is 2. The van der Waals surface area contributed by atoms with E-state index < -0.39 is 52.9 Å². The summed E-state index contributed by atoms with van der Waals surface area (Å²) in [6.45, 7) is 9.99. The number of oxime groups is 1. The number of aliphatic hydroxyl groups is 2. The lowest BCUT2D eigenvalue weighted by atomic mass is 9.84. The number of aliphatic carboxylic acids is 1. The highest BCUT2D eigenvalue weighted by molar-refractivity contribution is 7.88. The molecule has 19 nitrogen and oxygen atoms in total. The van der Waals surface area contributed by atoms with Gasteiger partial charge in [0.25, 0.3) is 17.4 Å². The molecule has 3 heterocycles. The Kier molecular flexibility index (Phi) is 17.5. The molecule has 2 aliphatic heterocycles. The molecule has 5 atom stereocenters. The smallest absolute Gasteiger partial charge is 0.354 e. The van der Waals surface area contributed by atoms with E-state index in [9.17, 15) is 24.6 Å². The summed E-state index contributed by atoms with van der Waals surface area (Å²) in [7, 11) is 3.56. The number of aromatic nitrogens is 1. The molecule has 5 unspecified atom stereocenters. The highest BCUT2D eigenvalue weighted by Crippen LogP contribution is 2.36. The number of carbonyl (C=O) groups is 3. The summed E-state index contributed by atoms with van der Waals surface area (Å²) in [5.74, 6) is 2.64. The molecule has 1 saturated heterocycles. The van der Waals surface area contributed by atoms with Crippen molar-refractivity contribution >= 4 is 58.1 Å². The van der Waals surface area contributed by atoms with E-state index >= 15 is 0 Å². The third-order valence-corrected chi connectivity index (χ3v) is 9.14. The van der Waals surface area contributed by atoms with Gasteiger partial charge in [0.2, 0.25) is 0 Å². The predicted octanol–water partition coefficient (Wildman–Crippen LogP) is 1.52. The van der Waals surface area contributed by atoms with Crippen LogP contribution < -0.4 is 27.4 Å². The summed E-state index contributed by atoms with van der Waals surface area (Å²) < 4.78 is 19.9. The molecule has 0 radical (unpaired) electrons. The zero-order chi connectivity index (χ0) is 41.0. The number of β-lactam (4-membered cyclic amide) rings is 1. The number of aliphatic hydroxyl groups excluding tert-OH is 2. The van der Waals surface area contributed by atoms with E-state index in [-0.39, 0.29) is 54.5 Å². The molecule has 4 rings (SSSR count). The van der Waals surface area contributed by atoms with Gasteiger partial charge in [-0.25, -0.2) is 9.78 Å². The number of aliphatic imine (C=N–C) groups is 1. The fourth-order valence-corrected chi connectivity index (χ4v) is 6.12. The lowest BCUT2D eigenvalue weighted by Crippen LogP contribution is -2.76. The number of nitrogens with two attached hydrogens (primary N) is 3. The van der Waals surface area contributed by atoms with E-state index in [4.69, 9.17) is 40.8 Å². The van der Waals surface area contributed by atoms with Crippen LogP contribution in [0.4, 0.5) is 5.13 Å². The van der Waals surface area contributed by atoms with Gasteiger partial charge in [0.1, 0.15) is 23.3 Å². The second kappa shape index (κ2) is 20.6. The van der Waals surface area contributed by atoms with Gasteiger partial charge >= 0.3 is 5.97 Å². The third-order valence-electron chi connectivity index (χ3n) is 8.25. The summed E-state index contributed by atoms with van der Waals surface area (Å²) in [6.07, 6.45) is -0.509. The van der Waals surface area contributed by atoms with Crippen LogP contribution in [0.2, 0.25) is 0 Å². The lowest BCUT2D eigenvalue weighted by molar-refractivity contribution is -0.214. The Balaban J connectivity index is 0.00000157. The van der Waals surface area contributed by atoms with Crippen molar-refractivity contribution in [3.05, 3.63) is 40.4 Å². The number of nitrogens with zero attached hydrogens (tertiary/aromatic N) is 5. The minimum atomic E-state index is -2.08. The van der Waals surface area contributed by atoms with Gasteiger partial charge in [0, 0.05) is 25.0 Å². The summed E-state index contributed by atoms with van der Waals surface area (Å²) in [5.41, 5.74) is 9.83. The fraction of sp³-hybridized carbons (Fsp3) is 0.576. The van der Waals surface area contributed by atoms with Gasteiger partial charge in [-0.1, -0.05) is 25.9 Å². The van der Waals surface area contributed by atoms with Gasteiger partial charge < -0.3 is 46.2 Å². The number of thiazole rings is 1. The Bertz CT molecular complexity index is 1640. The van der Waals surface area contributed by atoms with Crippen LogP contribution in [0.15, 0.2) is 33.7 Å². The SMILES string of the molecule is CC.CCC(CC(O)CO)N=C(N)c1ccc2c(c1)CCC(C(C)(O/N=C(\C(=O)NC1C(=O)N(OSO)C1(C)C)c1csc(N)n1)C(=O)O)O2.CN(C)N. The van der Waals surface area contributed by atoms with Crippen molar-refractivity contribution in [1.82, 2.24) is 20.4 Å². The first-order chi connectivity index (χ1) is 25.4. The number of amides is 2.